The second-order valence-electron chi connectivity index (χ2n) is 4.06. The average molecular weight is 314 g/mol. The van der Waals surface area contributed by atoms with Crippen LogP contribution in [0.2, 0.25) is 0 Å². The van der Waals surface area contributed by atoms with Crippen LogP contribution >= 0.6 is 11.8 Å². The van der Waals surface area contributed by atoms with Crippen LogP contribution in [0, 0.1) is 6.92 Å². The molecule has 0 unspecified atom stereocenters. The highest BCUT2D eigenvalue weighted by Gasteiger charge is 2.10. The lowest BCUT2D eigenvalue weighted by Gasteiger charge is -2.02. The third-order valence-electron chi connectivity index (χ3n) is 2.43. The largest absolute Gasteiger partial charge is 0.332 e. The van der Waals surface area contributed by atoms with Crippen LogP contribution < -0.4 is 5.56 Å². The lowest BCUT2D eigenvalue weighted by molar-refractivity contribution is 0.552. The van der Waals surface area contributed by atoms with Crippen molar-refractivity contribution in [2.24, 2.45) is 0 Å². The highest BCUT2D eigenvalue weighted by atomic mass is 32.3. The first kappa shape index (κ1) is 14.7. The minimum Gasteiger partial charge on any atom is -0.301 e. The zero-order valence-corrected chi connectivity index (χ0v) is 12.1. The van der Waals surface area contributed by atoms with Crippen LogP contribution in [-0.2, 0) is 16.0 Å². The van der Waals surface area contributed by atoms with Gasteiger partial charge in [-0.15, -0.1) is 3.89 Å². The fourth-order valence-corrected chi connectivity index (χ4v) is 2.86. The number of nitrogens with zero attached hydrogens (tertiary/aromatic N) is 1. The Morgan fingerprint density at radius 2 is 1.95 bits per heavy atom. The second-order valence-corrected chi connectivity index (χ2v) is 6.37. The number of nitrogens with one attached hydrogen (secondary N) is 1. The van der Waals surface area contributed by atoms with Gasteiger partial charge in [0.05, 0.1) is 4.90 Å². The Morgan fingerprint density at radius 1 is 1.30 bits per heavy atom. The number of halogens is 1. The molecule has 0 saturated carbocycles. The van der Waals surface area contributed by atoms with Gasteiger partial charge in [0.15, 0.2) is 5.16 Å². The normalized spacial score (nSPS) is 11.5. The zero-order valence-electron chi connectivity index (χ0n) is 10.5. The van der Waals surface area contributed by atoms with E-state index in [4.69, 9.17) is 0 Å². The Labute approximate surface area is 119 Å². The number of rotatable bonds is 4. The van der Waals surface area contributed by atoms with Crippen LogP contribution in [-0.4, -0.2) is 18.4 Å². The smallest absolute Gasteiger partial charge is 0.301 e. The molecule has 1 aromatic carbocycles. The molecule has 0 bridgehead atoms. The Bertz CT molecular complexity index is 770. The predicted molar refractivity (Wildman–Crippen MR) is 73.9 cm³/mol. The molecule has 0 saturated heterocycles. The van der Waals surface area contributed by atoms with Crippen LogP contribution in [0.15, 0.2) is 45.2 Å². The molecule has 1 heterocycles. The summed E-state index contributed by atoms with van der Waals surface area (Å²) < 4.78 is 34.1. The Morgan fingerprint density at radius 3 is 2.50 bits per heavy atom. The molecule has 0 spiro atoms. The van der Waals surface area contributed by atoms with E-state index in [9.17, 15) is 17.1 Å². The van der Waals surface area contributed by atoms with Crippen molar-refractivity contribution < 1.29 is 12.3 Å². The summed E-state index contributed by atoms with van der Waals surface area (Å²) in [5, 5.41) is 0.484. The second kappa shape index (κ2) is 5.76. The molecule has 20 heavy (non-hydrogen) atoms. The van der Waals surface area contributed by atoms with Crippen molar-refractivity contribution in [1.29, 1.82) is 0 Å². The number of aromatic amines is 1. The van der Waals surface area contributed by atoms with E-state index in [1.165, 1.54) is 42.1 Å². The highest BCUT2D eigenvalue weighted by Crippen LogP contribution is 2.20. The van der Waals surface area contributed by atoms with E-state index in [1.54, 1.807) is 6.92 Å². The molecule has 0 aliphatic carbocycles. The lowest BCUT2D eigenvalue weighted by atomic mass is 10.2. The fraction of sp³-hybridized carbons (Fsp3) is 0.167. The monoisotopic (exact) mass is 314 g/mol. The quantitative estimate of drug-likeness (QED) is 0.530. The van der Waals surface area contributed by atoms with E-state index in [2.05, 4.69) is 9.97 Å². The highest BCUT2D eigenvalue weighted by molar-refractivity contribution is 7.98. The van der Waals surface area contributed by atoms with Crippen molar-refractivity contribution in [3.8, 4) is 0 Å². The summed E-state index contributed by atoms with van der Waals surface area (Å²) in [5.74, 6) is 0.485. The van der Waals surface area contributed by atoms with Gasteiger partial charge in [-0.3, -0.25) is 4.79 Å². The minimum absolute atomic E-state index is 0.223. The van der Waals surface area contributed by atoms with Crippen LogP contribution in [0.1, 0.15) is 11.3 Å². The number of hydrogen-bond donors (Lipinski definition) is 1. The van der Waals surface area contributed by atoms with Gasteiger partial charge in [0, 0.05) is 17.5 Å². The maximum absolute atomic E-state index is 12.7. The Hall–Kier alpha value is -1.67. The van der Waals surface area contributed by atoms with Crippen molar-refractivity contribution >= 4 is 22.0 Å². The first-order valence-electron chi connectivity index (χ1n) is 5.59. The zero-order chi connectivity index (χ0) is 14.8. The molecule has 1 aromatic heterocycles. The topological polar surface area (TPSA) is 79.9 Å². The molecular formula is C12H11FN2O3S2. The third kappa shape index (κ3) is 3.91. The molecule has 106 valence electrons. The summed E-state index contributed by atoms with van der Waals surface area (Å²) in [4.78, 5) is 17.6. The van der Waals surface area contributed by atoms with E-state index in [1.807, 2.05) is 0 Å². The SMILES string of the molecule is Cc1cc(=O)[nH]c(SCc2ccc(S(=O)(=O)F)cc2)n1. The van der Waals surface area contributed by atoms with Crippen molar-refractivity contribution in [3.63, 3.8) is 0 Å². The van der Waals surface area contributed by atoms with Crippen LogP contribution in [0.4, 0.5) is 3.89 Å². The van der Waals surface area contributed by atoms with E-state index in [0.29, 0.717) is 16.6 Å². The van der Waals surface area contributed by atoms with Gasteiger partial charge in [0.25, 0.3) is 5.56 Å². The van der Waals surface area contributed by atoms with Crippen molar-refractivity contribution in [2.45, 2.75) is 22.7 Å². The van der Waals surface area contributed by atoms with E-state index in [-0.39, 0.29) is 10.5 Å². The first-order chi connectivity index (χ1) is 9.34. The van der Waals surface area contributed by atoms with Gasteiger partial charge in [-0.1, -0.05) is 23.9 Å². The van der Waals surface area contributed by atoms with E-state index < -0.39 is 10.2 Å². The molecule has 2 aromatic rings. The lowest BCUT2D eigenvalue weighted by Crippen LogP contribution is -2.08. The third-order valence-corrected chi connectivity index (χ3v) is 4.21. The minimum atomic E-state index is -4.66. The molecule has 5 nitrogen and oxygen atoms in total. The van der Waals surface area contributed by atoms with Gasteiger partial charge in [-0.05, 0) is 24.6 Å². The number of thioether (sulfide) groups is 1. The summed E-state index contributed by atoms with van der Waals surface area (Å²) in [6.07, 6.45) is 0. The molecule has 0 radical (unpaired) electrons. The van der Waals surface area contributed by atoms with Crippen LogP contribution in [0.3, 0.4) is 0 Å². The van der Waals surface area contributed by atoms with Gasteiger partial charge < -0.3 is 4.98 Å². The van der Waals surface area contributed by atoms with Crippen molar-refractivity contribution in [3.05, 3.63) is 51.9 Å². The summed E-state index contributed by atoms with van der Waals surface area (Å²) >= 11 is 1.31. The van der Waals surface area contributed by atoms with Crippen LogP contribution in [0.25, 0.3) is 0 Å². The molecule has 8 heteroatoms. The Balaban J connectivity index is 2.09. The summed E-state index contributed by atoms with van der Waals surface area (Å²) in [7, 11) is -4.66. The average Bonchev–Trinajstić information content (AvgIpc) is 2.35. The fourth-order valence-electron chi connectivity index (χ4n) is 1.52. The molecule has 0 fully saturated rings. The molecule has 0 amide bonds. The Kier molecular flexibility index (Phi) is 4.24. The predicted octanol–water partition coefficient (Wildman–Crippen LogP) is 2.03. The summed E-state index contributed by atoms with van der Waals surface area (Å²) in [6.45, 7) is 1.72. The molecule has 0 atom stereocenters. The standard InChI is InChI=1S/C12H11FN2O3S2/c1-8-6-11(16)15-12(14-8)19-7-9-2-4-10(5-3-9)20(13,17)18/h2-6H,7H2,1H3,(H,14,15,16). The van der Waals surface area contributed by atoms with E-state index >= 15 is 0 Å². The number of aryl methyl sites for hydroxylation is 1. The molecule has 0 aliphatic heterocycles. The van der Waals surface area contributed by atoms with Gasteiger partial charge in [-0.25, -0.2) is 4.98 Å². The van der Waals surface area contributed by atoms with Crippen LogP contribution in [0.5, 0.6) is 0 Å². The van der Waals surface area contributed by atoms with Gasteiger partial charge in [0.2, 0.25) is 0 Å². The maximum Gasteiger partial charge on any atom is 0.332 e. The maximum atomic E-state index is 12.7. The molecule has 2 rings (SSSR count). The van der Waals surface area contributed by atoms with Gasteiger partial charge >= 0.3 is 10.2 Å². The summed E-state index contributed by atoms with van der Waals surface area (Å²) in [6, 6.07) is 6.85. The number of H-pyrrole nitrogens is 1. The van der Waals surface area contributed by atoms with Gasteiger partial charge in [-0.2, -0.15) is 8.42 Å². The first-order valence-corrected chi connectivity index (χ1v) is 7.96. The summed E-state index contributed by atoms with van der Waals surface area (Å²) in [5.41, 5.74) is 1.19. The van der Waals surface area contributed by atoms with E-state index in [0.717, 1.165) is 5.56 Å². The van der Waals surface area contributed by atoms with Crippen molar-refractivity contribution in [2.75, 3.05) is 0 Å². The molecule has 1 N–H and O–H groups in total. The molecule has 0 aliphatic rings. The van der Waals surface area contributed by atoms with Gasteiger partial charge in [0.1, 0.15) is 0 Å². The number of hydrogen-bond acceptors (Lipinski definition) is 5. The van der Waals surface area contributed by atoms with Crippen molar-refractivity contribution in [1.82, 2.24) is 9.97 Å². The molecular weight excluding hydrogens is 303 g/mol. The number of benzene rings is 1. The number of aromatic nitrogens is 2.